The van der Waals surface area contributed by atoms with Crippen molar-refractivity contribution < 1.29 is 24.0 Å². The van der Waals surface area contributed by atoms with Crippen molar-refractivity contribution >= 4 is 46.4 Å². The first-order valence-corrected chi connectivity index (χ1v) is 18.6. The number of hydrogen-bond acceptors (Lipinski definition) is 8. The number of benzene rings is 2. The Morgan fingerprint density at radius 3 is 2.60 bits per heavy atom. The van der Waals surface area contributed by atoms with Crippen molar-refractivity contribution in [3.63, 3.8) is 0 Å². The zero-order valence-corrected chi connectivity index (χ0v) is 30.7. The summed E-state index contributed by atoms with van der Waals surface area (Å²) in [6.07, 6.45) is 9.24. The van der Waals surface area contributed by atoms with Crippen molar-refractivity contribution in [1.29, 1.82) is 0 Å². The molecule has 3 aliphatic rings. The van der Waals surface area contributed by atoms with Crippen molar-refractivity contribution in [3.05, 3.63) is 107 Å². The third-order valence-corrected chi connectivity index (χ3v) is 10.7. The van der Waals surface area contributed by atoms with Crippen LogP contribution >= 0.6 is 0 Å². The number of piperidine rings is 1. The Kier molecular flexibility index (Phi) is 9.51. The summed E-state index contributed by atoms with van der Waals surface area (Å²) in [7, 11) is 0. The molecule has 3 aliphatic heterocycles. The molecule has 0 saturated carbocycles. The normalized spacial score (nSPS) is 16.8. The Morgan fingerprint density at radius 2 is 1.82 bits per heavy atom. The van der Waals surface area contributed by atoms with Crippen LogP contribution in [0.1, 0.15) is 76.6 Å². The van der Waals surface area contributed by atoms with E-state index in [1.807, 2.05) is 59.6 Å². The van der Waals surface area contributed by atoms with Gasteiger partial charge < -0.3 is 19.7 Å². The van der Waals surface area contributed by atoms with Gasteiger partial charge in [0.2, 0.25) is 17.7 Å². The van der Waals surface area contributed by atoms with Crippen LogP contribution in [0, 0.1) is 0 Å². The van der Waals surface area contributed by atoms with E-state index in [0.29, 0.717) is 50.3 Å². The van der Waals surface area contributed by atoms with Crippen molar-refractivity contribution in [2.45, 2.75) is 65.2 Å². The molecule has 5 aromatic rings. The van der Waals surface area contributed by atoms with Gasteiger partial charge in [-0.1, -0.05) is 49.4 Å². The van der Waals surface area contributed by atoms with Crippen LogP contribution in [0.4, 0.5) is 0 Å². The van der Waals surface area contributed by atoms with Gasteiger partial charge in [0.15, 0.2) is 0 Å². The number of nitrogens with one attached hydrogen (secondary N) is 2. The maximum atomic E-state index is 13.1. The molecule has 0 spiro atoms. The second-order valence-corrected chi connectivity index (χ2v) is 14.0. The second-order valence-electron chi connectivity index (χ2n) is 14.0. The van der Waals surface area contributed by atoms with E-state index >= 15 is 0 Å². The Hall–Kier alpha value is -6.50. The number of fused-ring (bicyclic) bond motifs is 3. The fourth-order valence-corrected chi connectivity index (χ4v) is 7.75. The molecule has 2 N–H and O–H groups in total. The van der Waals surface area contributed by atoms with Gasteiger partial charge in [0.25, 0.3) is 11.8 Å². The van der Waals surface area contributed by atoms with E-state index < -0.39 is 11.9 Å². The second kappa shape index (κ2) is 14.7. The van der Waals surface area contributed by atoms with Gasteiger partial charge >= 0.3 is 0 Å². The lowest BCUT2D eigenvalue weighted by atomic mass is 10.0. The molecule has 0 radical (unpaired) electrons. The Morgan fingerprint density at radius 1 is 0.982 bits per heavy atom. The number of rotatable bonds is 9. The summed E-state index contributed by atoms with van der Waals surface area (Å²) >= 11 is 0. The highest BCUT2D eigenvalue weighted by Crippen LogP contribution is 2.35. The number of pyridine rings is 2. The van der Waals surface area contributed by atoms with Gasteiger partial charge in [-0.3, -0.25) is 39.3 Å². The van der Waals surface area contributed by atoms with Gasteiger partial charge in [-0.25, -0.2) is 4.98 Å². The number of carbonyl (C=O) groups is 5. The standard InChI is InChI=1S/C42H40N8O5/c1-3-37-46-39(36-24-48(25(2)51)18-19-49(36)37)29-11-7-10-27-20-34(45-22-31(27)29)28-13-14-33(44-21-28)40(53)43-17-5-4-8-26-9-6-12-30-32(26)23-50(42(30)55)35-15-16-38(52)47-41(35)54/h4,6-14,20-22,35H,3,5,15-19,23-24H2,1-2H3,(H,43,53)(H,47,52,54)/b8-4+. The molecule has 6 heterocycles. The number of imide groups is 1. The van der Waals surface area contributed by atoms with Crippen LogP contribution in [0.2, 0.25) is 0 Å². The van der Waals surface area contributed by atoms with E-state index in [1.165, 1.54) is 4.90 Å². The van der Waals surface area contributed by atoms with Crippen LogP contribution in [-0.2, 0) is 40.4 Å². The predicted octanol–water partition coefficient (Wildman–Crippen LogP) is 4.68. The molecule has 1 saturated heterocycles. The minimum absolute atomic E-state index is 0.0563. The number of imidazole rings is 1. The first-order valence-electron chi connectivity index (χ1n) is 18.6. The van der Waals surface area contributed by atoms with Gasteiger partial charge in [0.05, 0.1) is 23.6 Å². The SMILES string of the molecule is CCc1nc(-c2cccc3cc(-c4ccc(C(=O)NCC/C=C/c5cccc6c5CN(C5CCC(=O)NC5=O)C6=O)nc4)ncc23)c2n1CCN(C(C)=O)C2. The van der Waals surface area contributed by atoms with Crippen LogP contribution < -0.4 is 10.6 Å². The summed E-state index contributed by atoms with van der Waals surface area (Å²) in [5, 5.41) is 7.21. The van der Waals surface area contributed by atoms with Crippen LogP contribution in [-0.4, -0.2) is 78.0 Å². The fraction of sp³-hybridized carbons (Fsp3) is 0.286. The minimum atomic E-state index is -0.666. The molecule has 1 atom stereocenters. The molecule has 3 aromatic heterocycles. The highest BCUT2D eigenvalue weighted by Gasteiger charge is 2.39. The maximum absolute atomic E-state index is 13.1. The number of aryl methyl sites for hydroxylation is 1. The molecule has 2 aromatic carbocycles. The number of carbonyl (C=O) groups excluding carboxylic acids is 5. The topological polar surface area (TPSA) is 159 Å². The Balaban J connectivity index is 0.901. The van der Waals surface area contributed by atoms with E-state index in [2.05, 4.69) is 33.2 Å². The van der Waals surface area contributed by atoms with Gasteiger partial charge in [-0.15, -0.1) is 0 Å². The van der Waals surface area contributed by atoms with Crippen molar-refractivity contribution in [1.82, 2.24) is 40.0 Å². The average Bonchev–Trinajstić information content (AvgIpc) is 3.74. The molecule has 278 valence electrons. The number of aromatic nitrogens is 4. The van der Waals surface area contributed by atoms with Crippen LogP contribution in [0.3, 0.4) is 0 Å². The third-order valence-electron chi connectivity index (χ3n) is 10.7. The lowest BCUT2D eigenvalue weighted by Crippen LogP contribution is -2.52. The number of hydrogen-bond donors (Lipinski definition) is 2. The molecule has 1 fully saturated rings. The molecule has 0 bridgehead atoms. The Labute approximate surface area is 317 Å². The Bertz CT molecular complexity index is 2420. The quantitative estimate of drug-likeness (QED) is 0.163. The molecule has 1 unspecified atom stereocenters. The summed E-state index contributed by atoms with van der Waals surface area (Å²) in [5.41, 5.74) is 6.97. The molecule has 13 heteroatoms. The summed E-state index contributed by atoms with van der Waals surface area (Å²) in [4.78, 5) is 79.9. The summed E-state index contributed by atoms with van der Waals surface area (Å²) in [6.45, 7) is 6.31. The monoisotopic (exact) mass is 736 g/mol. The van der Waals surface area contributed by atoms with Crippen LogP contribution in [0.5, 0.6) is 0 Å². The van der Waals surface area contributed by atoms with Gasteiger partial charge in [-0.05, 0) is 53.6 Å². The van der Waals surface area contributed by atoms with Gasteiger partial charge in [0, 0.05) is 80.4 Å². The fourth-order valence-electron chi connectivity index (χ4n) is 7.75. The predicted molar refractivity (Wildman–Crippen MR) is 205 cm³/mol. The molecule has 0 aliphatic carbocycles. The smallest absolute Gasteiger partial charge is 0.269 e. The molecule has 5 amide bonds. The summed E-state index contributed by atoms with van der Waals surface area (Å²) in [6, 6.07) is 16.5. The lowest BCUT2D eigenvalue weighted by Gasteiger charge is -2.29. The average molecular weight is 737 g/mol. The molecule has 13 nitrogen and oxygen atoms in total. The molecule has 8 rings (SSSR count). The van der Waals surface area contributed by atoms with Crippen molar-refractivity contribution in [2.75, 3.05) is 13.1 Å². The summed E-state index contributed by atoms with van der Waals surface area (Å²) < 4.78 is 2.25. The highest BCUT2D eigenvalue weighted by atomic mass is 16.2. The largest absolute Gasteiger partial charge is 0.350 e. The van der Waals surface area contributed by atoms with E-state index in [1.54, 1.807) is 25.3 Å². The van der Waals surface area contributed by atoms with Gasteiger partial charge in [-0.2, -0.15) is 0 Å². The van der Waals surface area contributed by atoms with E-state index in [-0.39, 0.29) is 30.0 Å². The number of nitrogens with zero attached hydrogens (tertiary/aromatic N) is 6. The minimum Gasteiger partial charge on any atom is -0.350 e. The maximum Gasteiger partial charge on any atom is 0.269 e. The van der Waals surface area contributed by atoms with Gasteiger partial charge in [0.1, 0.15) is 17.6 Å². The highest BCUT2D eigenvalue weighted by molar-refractivity contribution is 6.06. The molecular weight excluding hydrogens is 697 g/mol. The van der Waals surface area contributed by atoms with Crippen LogP contribution in [0.15, 0.2) is 73.1 Å². The number of amides is 5. The zero-order chi connectivity index (χ0) is 38.2. The first-order chi connectivity index (χ1) is 26.7. The van der Waals surface area contributed by atoms with E-state index in [0.717, 1.165) is 68.9 Å². The summed E-state index contributed by atoms with van der Waals surface area (Å²) in [5.74, 6) is -0.191. The molecular formula is C42H40N8O5. The van der Waals surface area contributed by atoms with E-state index in [4.69, 9.17) is 9.97 Å². The van der Waals surface area contributed by atoms with Crippen molar-refractivity contribution in [3.8, 4) is 22.5 Å². The first kappa shape index (κ1) is 35.5. The van der Waals surface area contributed by atoms with E-state index in [9.17, 15) is 24.0 Å². The lowest BCUT2D eigenvalue weighted by molar-refractivity contribution is -0.137. The molecule has 55 heavy (non-hydrogen) atoms. The van der Waals surface area contributed by atoms with Crippen LogP contribution in [0.25, 0.3) is 39.4 Å². The zero-order valence-electron chi connectivity index (χ0n) is 30.7. The van der Waals surface area contributed by atoms with Crippen molar-refractivity contribution in [2.24, 2.45) is 0 Å². The third kappa shape index (κ3) is 6.77.